The second-order valence-corrected chi connectivity index (χ2v) is 5.07. The SMILES string of the molecule is COCCCN(C)c1ccc(CC(C)N)cc1C. The van der Waals surface area contributed by atoms with Gasteiger partial charge < -0.3 is 15.4 Å². The van der Waals surface area contributed by atoms with Gasteiger partial charge in [-0.25, -0.2) is 0 Å². The highest BCUT2D eigenvalue weighted by molar-refractivity contribution is 5.53. The molecule has 0 heterocycles. The summed E-state index contributed by atoms with van der Waals surface area (Å²) in [6.07, 6.45) is 1.99. The van der Waals surface area contributed by atoms with Crippen LogP contribution < -0.4 is 10.6 Å². The quantitative estimate of drug-likeness (QED) is 0.755. The van der Waals surface area contributed by atoms with Crippen LogP contribution in [0.15, 0.2) is 18.2 Å². The van der Waals surface area contributed by atoms with E-state index in [0.29, 0.717) is 0 Å². The molecule has 3 heteroatoms. The van der Waals surface area contributed by atoms with Crippen molar-refractivity contribution in [3.8, 4) is 0 Å². The van der Waals surface area contributed by atoms with Crippen LogP contribution >= 0.6 is 0 Å². The molecule has 0 bridgehead atoms. The maximum Gasteiger partial charge on any atom is 0.0479 e. The molecule has 0 saturated carbocycles. The Morgan fingerprint density at radius 2 is 2.11 bits per heavy atom. The first-order chi connectivity index (χ1) is 8.54. The average molecular weight is 250 g/mol. The fourth-order valence-corrected chi connectivity index (χ4v) is 2.21. The molecule has 0 saturated heterocycles. The van der Waals surface area contributed by atoms with Crippen molar-refractivity contribution in [2.24, 2.45) is 5.73 Å². The van der Waals surface area contributed by atoms with Crippen LogP contribution in [0.5, 0.6) is 0 Å². The molecule has 102 valence electrons. The van der Waals surface area contributed by atoms with Gasteiger partial charge in [-0.3, -0.25) is 0 Å². The molecule has 0 amide bonds. The Bertz CT molecular complexity index is 364. The summed E-state index contributed by atoms with van der Waals surface area (Å²) in [6, 6.07) is 6.83. The monoisotopic (exact) mass is 250 g/mol. The first-order valence-corrected chi connectivity index (χ1v) is 6.59. The van der Waals surface area contributed by atoms with Crippen LogP contribution in [0.3, 0.4) is 0 Å². The van der Waals surface area contributed by atoms with E-state index < -0.39 is 0 Å². The lowest BCUT2D eigenvalue weighted by Crippen LogP contribution is -2.21. The predicted molar refractivity (Wildman–Crippen MR) is 78.3 cm³/mol. The van der Waals surface area contributed by atoms with Crippen molar-refractivity contribution in [3.63, 3.8) is 0 Å². The van der Waals surface area contributed by atoms with Crippen molar-refractivity contribution in [1.82, 2.24) is 0 Å². The number of rotatable bonds is 7. The Morgan fingerprint density at radius 1 is 1.39 bits per heavy atom. The molecule has 0 aliphatic heterocycles. The van der Waals surface area contributed by atoms with Crippen LogP contribution in [-0.2, 0) is 11.2 Å². The van der Waals surface area contributed by atoms with E-state index in [4.69, 9.17) is 10.5 Å². The van der Waals surface area contributed by atoms with Gasteiger partial charge in [0.25, 0.3) is 0 Å². The Morgan fingerprint density at radius 3 is 2.67 bits per heavy atom. The molecule has 1 aromatic carbocycles. The van der Waals surface area contributed by atoms with Gasteiger partial charge in [0.05, 0.1) is 0 Å². The molecular weight excluding hydrogens is 224 g/mol. The van der Waals surface area contributed by atoms with Crippen molar-refractivity contribution in [2.75, 3.05) is 32.2 Å². The molecule has 0 aromatic heterocycles. The normalized spacial score (nSPS) is 12.5. The van der Waals surface area contributed by atoms with Gasteiger partial charge in [0.2, 0.25) is 0 Å². The summed E-state index contributed by atoms with van der Waals surface area (Å²) in [5.41, 5.74) is 9.75. The fraction of sp³-hybridized carbons (Fsp3) is 0.600. The minimum Gasteiger partial charge on any atom is -0.385 e. The van der Waals surface area contributed by atoms with Crippen molar-refractivity contribution in [2.45, 2.75) is 32.7 Å². The number of hydrogen-bond donors (Lipinski definition) is 1. The maximum absolute atomic E-state index is 5.83. The van der Waals surface area contributed by atoms with Gasteiger partial charge >= 0.3 is 0 Å². The molecule has 0 aliphatic carbocycles. The summed E-state index contributed by atoms with van der Waals surface area (Å²) >= 11 is 0. The van der Waals surface area contributed by atoms with E-state index >= 15 is 0 Å². The van der Waals surface area contributed by atoms with E-state index in [1.165, 1.54) is 16.8 Å². The maximum atomic E-state index is 5.83. The number of nitrogens with two attached hydrogens (primary N) is 1. The van der Waals surface area contributed by atoms with Crippen molar-refractivity contribution in [1.29, 1.82) is 0 Å². The smallest absolute Gasteiger partial charge is 0.0479 e. The standard InChI is InChI=1S/C15H26N2O/c1-12-10-14(11-13(2)16)6-7-15(12)17(3)8-5-9-18-4/h6-7,10,13H,5,8-9,11,16H2,1-4H3. The van der Waals surface area contributed by atoms with Crippen LogP contribution in [0.1, 0.15) is 24.5 Å². The van der Waals surface area contributed by atoms with Crippen LogP contribution in [0, 0.1) is 6.92 Å². The van der Waals surface area contributed by atoms with Crippen LogP contribution in [0.4, 0.5) is 5.69 Å². The van der Waals surface area contributed by atoms with Gasteiger partial charge in [-0.2, -0.15) is 0 Å². The molecular formula is C15H26N2O. The Hall–Kier alpha value is -1.06. The lowest BCUT2D eigenvalue weighted by atomic mass is 10.0. The zero-order valence-corrected chi connectivity index (χ0v) is 12.1. The summed E-state index contributed by atoms with van der Waals surface area (Å²) in [7, 11) is 3.87. The van der Waals surface area contributed by atoms with Crippen molar-refractivity contribution in [3.05, 3.63) is 29.3 Å². The fourth-order valence-electron chi connectivity index (χ4n) is 2.21. The molecule has 0 aliphatic rings. The Balaban J connectivity index is 2.66. The zero-order chi connectivity index (χ0) is 13.5. The second-order valence-electron chi connectivity index (χ2n) is 5.07. The highest BCUT2D eigenvalue weighted by Crippen LogP contribution is 2.21. The molecule has 0 radical (unpaired) electrons. The van der Waals surface area contributed by atoms with E-state index in [1.807, 2.05) is 6.92 Å². The number of hydrogen-bond acceptors (Lipinski definition) is 3. The first-order valence-electron chi connectivity index (χ1n) is 6.59. The van der Waals surface area contributed by atoms with Gasteiger partial charge in [-0.1, -0.05) is 12.1 Å². The van der Waals surface area contributed by atoms with Gasteiger partial charge in [-0.15, -0.1) is 0 Å². The van der Waals surface area contributed by atoms with Crippen LogP contribution in [-0.4, -0.2) is 33.4 Å². The minimum absolute atomic E-state index is 0.217. The molecule has 1 rings (SSSR count). The van der Waals surface area contributed by atoms with Gasteiger partial charge in [-0.05, 0) is 43.9 Å². The average Bonchev–Trinajstić information content (AvgIpc) is 2.28. The van der Waals surface area contributed by atoms with Crippen molar-refractivity contribution >= 4 is 5.69 Å². The molecule has 1 atom stereocenters. The van der Waals surface area contributed by atoms with Gasteiger partial charge in [0, 0.05) is 39.0 Å². The topological polar surface area (TPSA) is 38.5 Å². The van der Waals surface area contributed by atoms with Gasteiger partial charge in [0.15, 0.2) is 0 Å². The number of benzene rings is 1. The summed E-state index contributed by atoms with van der Waals surface area (Å²) < 4.78 is 5.08. The van der Waals surface area contributed by atoms with Crippen LogP contribution in [0.2, 0.25) is 0 Å². The van der Waals surface area contributed by atoms with E-state index in [1.54, 1.807) is 7.11 Å². The van der Waals surface area contributed by atoms with E-state index in [2.05, 4.69) is 37.1 Å². The van der Waals surface area contributed by atoms with E-state index in [0.717, 1.165) is 26.0 Å². The number of ether oxygens (including phenoxy) is 1. The molecule has 18 heavy (non-hydrogen) atoms. The molecule has 3 nitrogen and oxygen atoms in total. The summed E-state index contributed by atoms with van der Waals surface area (Å²) in [6.45, 7) is 6.03. The highest BCUT2D eigenvalue weighted by atomic mass is 16.5. The van der Waals surface area contributed by atoms with Gasteiger partial charge in [0.1, 0.15) is 0 Å². The zero-order valence-electron chi connectivity index (χ0n) is 12.1. The minimum atomic E-state index is 0.217. The largest absolute Gasteiger partial charge is 0.385 e. The van der Waals surface area contributed by atoms with E-state index in [9.17, 15) is 0 Å². The number of nitrogens with zero attached hydrogens (tertiary/aromatic N) is 1. The van der Waals surface area contributed by atoms with E-state index in [-0.39, 0.29) is 6.04 Å². The summed E-state index contributed by atoms with van der Waals surface area (Å²) in [5.74, 6) is 0. The third-order valence-electron chi connectivity index (χ3n) is 3.07. The predicted octanol–water partition coefficient (Wildman–Crippen LogP) is 2.36. The number of anilines is 1. The Labute approximate surface area is 111 Å². The van der Waals surface area contributed by atoms with Crippen LogP contribution in [0.25, 0.3) is 0 Å². The molecule has 2 N–H and O–H groups in total. The second kappa shape index (κ2) is 7.39. The third-order valence-corrected chi connectivity index (χ3v) is 3.07. The summed E-state index contributed by atoms with van der Waals surface area (Å²) in [5, 5.41) is 0. The third kappa shape index (κ3) is 4.67. The Kier molecular flexibility index (Phi) is 6.16. The van der Waals surface area contributed by atoms with Crippen molar-refractivity contribution < 1.29 is 4.74 Å². The lowest BCUT2D eigenvalue weighted by Gasteiger charge is -2.22. The molecule has 1 unspecified atom stereocenters. The summed E-state index contributed by atoms with van der Waals surface area (Å²) in [4.78, 5) is 2.28. The number of aryl methyl sites for hydroxylation is 1. The highest BCUT2D eigenvalue weighted by Gasteiger charge is 2.06. The molecule has 0 fully saturated rings. The molecule has 1 aromatic rings. The lowest BCUT2D eigenvalue weighted by molar-refractivity contribution is 0.196. The number of methoxy groups -OCH3 is 1. The first kappa shape index (κ1) is 15.0. The molecule has 0 spiro atoms.